The summed E-state index contributed by atoms with van der Waals surface area (Å²) in [6.45, 7) is 1.25. The molecule has 0 atom stereocenters. The average molecular weight is 356 g/mol. The van der Waals surface area contributed by atoms with Crippen LogP contribution >= 0.6 is 0 Å². The standard InChI is InChI=1S/C20H24N2O4/c23-12-3-1-10-21-17-9-8-16-18-14(17)6-5-7-15(18)19(25)22(20(16)26)11-2-4-13-24/h5-9,21,23-24H,1-4,10-13H2. The third-order valence-corrected chi connectivity index (χ3v) is 4.68. The van der Waals surface area contributed by atoms with E-state index >= 15 is 0 Å². The fraction of sp³-hybridized carbons (Fsp3) is 0.400. The number of hydrogen-bond acceptors (Lipinski definition) is 5. The molecule has 1 heterocycles. The van der Waals surface area contributed by atoms with Crippen molar-refractivity contribution < 1.29 is 19.8 Å². The molecule has 6 heteroatoms. The highest BCUT2D eigenvalue weighted by molar-refractivity contribution is 6.26. The van der Waals surface area contributed by atoms with E-state index in [1.54, 1.807) is 12.1 Å². The fourth-order valence-corrected chi connectivity index (χ4v) is 3.35. The summed E-state index contributed by atoms with van der Waals surface area (Å²) in [5.41, 5.74) is 1.97. The maximum Gasteiger partial charge on any atom is 0.261 e. The molecule has 0 bridgehead atoms. The highest BCUT2D eigenvalue weighted by Gasteiger charge is 2.32. The second-order valence-corrected chi connectivity index (χ2v) is 6.44. The fourth-order valence-electron chi connectivity index (χ4n) is 3.35. The van der Waals surface area contributed by atoms with Gasteiger partial charge in [-0.15, -0.1) is 0 Å². The summed E-state index contributed by atoms with van der Waals surface area (Å²) in [5, 5.41) is 22.7. The minimum absolute atomic E-state index is 0.0493. The van der Waals surface area contributed by atoms with E-state index in [1.807, 2.05) is 18.2 Å². The van der Waals surface area contributed by atoms with Crippen molar-refractivity contribution >= 4 is 28.3 Å². The van der Waals surface area contributed by atoms with Crippen molar-refractivity contribution in [3.8, 4) is 0 Å². The van der Waals surface area contributed by atoms with Gasteiger partial charge in [0.15, 0.2) is 0 Å². The molecule has 6 nitrogen and oxygen atoms in total. The number of imide groups is 1. The molecule has 0 saturated carbocycles. The van der Waals surface area contributed by atoms with E-state index in [0.29, 0.717) is 42.4 Å². The number of aliphatic hydroxyl groups excluding tert-OH is 2. The third kappa shape index (κ3) is 3.43. The number of nitrogens with zero attached hydrogens (tertiary/aromatic N) is 1. The Morgan fingerprint density at radius 3 is 2.27 bits per heavy atom. The molecule has 0 spiro atoms. The zero-order chi connectivity index (χ0) is 18.5. The van der Waals surface area contributed by atoms with Gasteiger partial charge in [0.05, 0.1) is 0 Å². The first-order valence-corrected chi connectivity index (χ1v) is 9.06. The molecule has 0 radical (unpaired) electrons. The van der Waals surface area contributed by atoms with Crippen molar-refractivity contribution in [2.24, 2.45) is 0 Å². The Labute approximate surface area is 152 Å². The lowest BCUT2D eigenvalue weighted by Crippen LogP contribution is -2.41. The molecule has 0 unspecified atom stereocenters. The topological polar surface area (TPSA) is 89.9 Å². The van der Waals surface area contributed by atoms with Gasteiger partial charge in [0.2, 0.25) is 0 Å². The van der Waals surface area contributed by atoms with Gasteiger partial charge in [-0.2, -0.15) is 0 Å². The van der Waals surface area contributed by atoms with Crippen LogP contribution in [0.25, 0.3) is 10.8 Å². The number of carbonyl (C=O) groups is 2. The molecule has 2 amide bonds. The van der Waals surface area contributed by atoms with Crippen LogP contribution in [0, 0.1) is 0 Å². The Morgan fingerprint density at radius 1 is 0.846 bits per heavy atom. The van der Waals surface area contributed by atoms with Gasteiger partial charge in [0, 0.05) is 53.9 Å². The van der Waals surface area contributed by atoms with Crippen LogP contribution in [0.1, 0.15) is 46.4 Å². The van der Waals surface area contributed by atoms with Gasteiger partial charge >= 0.3 is 0 Å². The molecular weight excluding hydrogens is 332 g/mol. The molecule has 0 aromatic heterocycles. The van der Waals surface area contributed by atoms with Crippen LogP contribution in [0.3, 0.4) is 0 Å². The lowest BCUT2D eigenvalue weighted by Gasteiger charge is -2.28. The molecule has 3 rings (SSSR count). The summed E-state index contributed by atoms with van der Waals surface area (Å²) < 4.78 is 0. The first-order chi connectivity index (χ1) is 12.7. The molecule has 3 N–H and O–H groups in total. The van der Waals surface area contributed by atoms with Crippen molar-refractivity contribution in [1.29, 1.82) is 0 Å². The van der Waals surface area contributed by atoms with E-state index in [2.05, 4.69) is 5.32 Å². The van der Waals surface area contributed by atoms with Gasteiger partial charge in [-0.1, -0.05) is 12.1 Å². The predicted molar refractivity (Wildman–Crippen MR) is 100 cm³/mol. The zero-order valence-electron chi connectivity index (χ0n) is 14.7. The summed E-state index contributed by atoms with van der Waals surface area (Å²) in [6, 6.07) is 9.15. The lowest BCUT2D eigenvalue weighted by molar-refractivity contribution is 0.0605. The lowest BCUT2D eigenvalue weighted by atomic mass is 9.93. The van der Waals surface area contributed by atoms with Crippen LogP contribution in [-0.2, 0) is 0 Å². The number of anilines is 1. The second-order valence-electron chi connectivity index (χ2n) is 6.44. The molecule has 2 aromatic carbocycles. The normalized spacial score (nSPS) is 13.5. The highest BCUT2D eigenvalue weighted by Crippen LogP contribution is 2.34. The maximum absolute atomic E-state index is 12.8. The Balaban J connectivity index is 1.94. The number of aliphatic hydroxyl groups is 2. The van der Waals surface area contributed by atoms with Crippen LogP contribution in [-0.4, -0.2) is 53.2 Å². The van der Waals surface area contributed by atoms with Crippen molar-refractivity contribution in [1.82, 2.24) is 4.90 Å². The Hall–Kier alpha value is -2.44. The molecule has 0 aliphatic carbocycles. The van der Waals surface area contributed by atoms with Crippen molar-refractivity contribution in [3.05, 3.63) is 41.5 Å². The first-order valence-electron chi connectivity index (χ1n) is 9.06. The van der Waals surface area contributed by atoms with Gasteiger partial charge in [0.25, 0.3) is 11.8 Å². The molecular formula is C20H24N2O4. The number of unbranched alkanes of at least 4 members (excludes halogenated alkanes) is 2. The van der Waals surface area contributed by atoms with Gasteiger partial charge in [-0.05, 0) is 43.9 Å². The maximum atomic E-state index is 12.8. The number of amides is 2. The minimum atomic E-state index is -0.275. The summed E-state index contributed by atoms with van der Waals surface area (Å²) in [5.74, 6) is -0.549. The summed E-state index contributed by atoms with van der Waals surface area (Å²) in [7, 11) is 0. The molecule has 1 aliphatic heterocycles. The molecule has 2 aromatic rings. The van der Waals surface area contributed by atoms with Gasteiger partial charge in [-0.25, -0.2) is 0 Å². The van der Waals surface area contributed by atoms with Crippen LogP contribution < -0.4 is 5.32 Å². The zero-order valence-corrected chi connectivity index (χ0v) is 14.7. The molecule has 0 saturated heterocycles. The van der Waals surface area contributed by atoms with Crippen LogP contribution in [0.5, 0.6) is 0 Å². The Bertz CT molecular complexity index is 797. The monoisotopic (exact) mass is 356 g/mol. The minimum Gasteiger partial charge on any atom is -0.396 e. The van der Waals surface area contributed by atoms with E-state index in [9.17, 15) is 9.59 Å². The third-order valence-electron chi connectivity index (χ3n) is 4.68. The largest absolute Gasteiger partial charge is 0.396 e. The van der Waals surface area contributed by atoms with Crippen LogP contribution in [0.2, 0.25) is 0 Å². The Morgan fingerprint density at radius 2 is 1.54 bits per heavy atom. The number of rotatable bonds is 9. The summed E-state index contributed by atoms with van der Waals surface area (Å²) in [6.07, 6.45) is 2.72. The molecule has 0 fully saturated rings. The average Bonchev–Trinajstić information content (AvgIpc) is 2.66. The summed E-state index contributed by atoms with van der Waals surface area (Å²) >= 11 is 0. The van der Waals surface area contributed by atoms with E-state index in [0.717, 1.165) is 23.9 Å². The number of carbonyl (C=O) groups excluding carboxylic acids is 2. The summed E-state index contributed by atoms with van der Waals surface area (Å²) in [4.78, 5) is 26.9. The van der Waals surface area contributed by atoms with E-state index < -0.39 is 0 Å². The quantitative estimate of drug-likeness (QED) is 0.474. The first kappa shape index (κ1) is 18.4. The van der Waals surface area contributed by atoms with Crippen molar-refractivity contribution in [2.45, 2.75) is 25.7 Å². The number of hydrogen-bond donors (Lipinski definition) is 3. The smallest absolute Gasteiger partial charge is 0.261 e. The van der Waals surface area contributed by atoms with Crippen molar-refractivity contribution in [2.75, 3.05) is 31.6 Å². The van der Waals surface area contributed by atoms with E-state index in [-0.39, 0.29) is 25.0 Å². The molecule has 138 valence electrons. The number of benzene rings is 2. The highest BCUT2D eigenvalue weighted by atomic mass is 16.3. The van der Waals surface area contributed by atoms with Crippen molar-refractivity contribution in [3.63, 3.8) is 0 Å². The Kier molecular flexibility index (Phi) is 5.85. The molecule has 26 heavy (non-hydrogen) atoms. The van der Waals surface area contributed by atoms with Gasteiger partial charge < -0.3 is 15.5 Å². The van der Waals surface area contributed by atoms with Gasteiger partial charge in [-0.3, -0.25) is 14.5 Å². The second kappa shape index (κ2) is 8.29. The van der Waals surface area contributed by atoms with Crippen LogP contribution in [0.4, 0.5) is 5.69 Å². The molecule has 1 aliphatic rings. The number of nitrogens with one attached hydrogen (secondary N) is 1. The van der Waals surface area contributed by atoms with Crippen LogP contribution in [0.15, 0.2) is 30.3 Å². The SMILES string of the molecule is O=C1c2cccc3c(NCCCCO)ccc(c23)C(=O)N1CCCCO. The van der Waals surface area contributed by atoms with E-state index in [4.69, 9.17) is 10.2 Å². The van der Waals surface area contributed by atoms with E-state index in [1.165, 1.54) is 4.90 Å². The van der Waals surface area contributed by atoms with Gasteiger partial charge in [0.1, 0.15) is 0 Å². The predicted octanol–water partition coefficient (Wildman–Crippen LogP) is 2.39.